The molecule has 1 heteroatoms. The highest BCUT2D eigenvalue weighted by Gasteiger charge is 2.45. The fourth-order valence-electron chi connectivity index (χ4n) is 3.48. The number of hydrogen-bond donors (Lipinski definition) is 0. The number of fused-ring (bicyclic) bond motifs is 3. The number of hydrogen-bond acceptors (Lipinski definition) is 1. The van der Waals surface area contributed by atoms with Gasteiger partial charge in [-0.25, -0.2) is 0 Å². The Bertz CT molecular complexity index is 180. The molecular formula is C12H23N. The van der Waals surface area contributed by atoms with E-state index < -0.39 is 0 Å². The first-order valence-electron chi connectivity index (χ1n) is 5.88. The Morgan fingerprint density at radius 2 is 2.00 bits per heavy atom. The summed E-state index contributed by atoms with van der Waals surface area (Å²) in [6.07, 6.45) is 7.27. The molecule has 76 valence electrons. The van der Waals surface area contributed by atoms with Gasteiger partial charge in [0.15, 0.2) is 0 Å². The Kier molecular flexibility index (Phi) is 2.39. The fraction of sp³-hybridized carbons (Fsp3) is 1.00. The highest BCUT2D eigenvalue weighted by Crippen LogP contribution is 2.49. The van der Waals surface area contributed by atoms with Crippen LogP contribution in [0, 0.1) is 11.3 Å². The highest BCUT2D eigenvalue weighted by molar-refractivity contribution is 4.98. The van der Waals surface area contributed by atoms with Crippen LogP contribution in [0.25, 0.3) is 0 Å². The van der Waals surface area contributed by atoms with Crippen molar-refractivity contribution in [3.63, 3.8) is 0 Å². The maximum atomic E-state index is 2.61. The second kappa shape index (κ2) is 3.27. The zero-order valence-electron chi connectivity index (χ0n) is 9.34. The summed E-state index contributed by atoms with van der Waals surface area (Å²) in [4.78, 5) is 2.61. The van der Waals surface area contributed by atoms with Gasteiger partial charge in [0.25, 0.3) is 0 Å². The van der Waals surface area contributed by atoms with Gasteiger partial charge in [-0.1, -0.05) is 20.3 Å². The molecule has 2 bridgehead atoms. The van der Waals surface area contributed by atoms with Crippen LogP contribution in [0.2, 0.25) is 0 Å². The fourth-order valence-corrected chi connectivity index (χ4v) is 3.48. The molecule has 1 atom stereocenters. The van der Waals surface area contributed by atoms with Crippen molar-refractivity contribution in [2.75, 3.05) is 13.6 Å². The molecule has 0 aromatic heterocycles. The molecule has 1 aliphatic carbocycles. The number of piperidine rings is 2. The highest BCUT2D eigenvalue weighted by atomic mass is 15.2. The molecule has 3 aliphatic rings. The van der Waals surface area contributed by atoms with Crippen molar-refractivity contribution in [3.8, 4) is 0 Å². The Hall–Kier alpha value is -0.0400. The number of nitrogens with zero attached hydrogens (tertiary/aromatic N) is 1. The molecular weight excluding hydrogens is 158 g/mol. The van der Waals surface area contributed by atoms with E-state index in [-0.39, 0.29) is 0 Å². The van der Waals surface area contributed by atoms with Gasteiger partial charge in [-0.2, -0.15) is 0 Å². The van der Waals surface area contributed by atoms with Gasteiger partial charge >= 0.3 is 0 Å². The molecule has 0 radical (unpaired) electrons. The van der Waals surface area contributed by atoms with Gasteiger partial charge in [0.2, 0.25) is 0 Å². The minimum Gasteiger partial charge on any atom is -0.303 e. The quantitative estimate of drug-likeness (QED) is 0.633. The van der Waals surface area contributed by atoms with Crippen molar-refractivity contribution in [1.82, 2.24) is 4.90 Å². The van der Waals surface area contributed by atoms with E-state index in [4.69, 9.17) is 0 Å². The van der Waals surface area contributed by atoms with Gasteiger partial charge in [-0.3, -0.25) is 0 Å². The third-order valence-corrected chi connectivity index (χ3v) is 4.80. The third kappa shape index (κ3) is 1.41. The molecule has 2 aliphatic heterocycles. The first-order chi connectivity index (χ1) is 6.18. The molecule has 0 amide bonds. The van der Waals surface area contributed by atoms with E-state index in [1.165, 1.54) is 38.6 Å². The van der Waals surface area contributed by atoms with Gasteiger partial charge in [0.05, 0.1) is 0 Å². The van der Waals surface area contributed by atoms with Crippen LogP contribution in [0.15, 0.2) is 0 Å². The van der Waals surface area contributed by atoms with Gasteiger partial charge in [-0.05, 0) is 44.1 Å². The average Bonchev–Trinajstić information content (AvgIpc) is 2.18. The van der Waals surface area contributed by atoms with Crippen molar-refractivity contribution < 1.29 is 0 Å². The van der Waals surface area contributed by atoms with Crippen molar-refractivity contribution in [2.24, 2.45) is 11.3 Å². The summed E-state index contributed by atoms with van der Waals surface area (Å²) in [6.45, 7) is 6.17. The molecule has 1 unspecified atom stereocenters. The normalized spacial score (nSPS) is 42.2. The Balaban J connectivity index is 2.13. The lowest BCUT2D eigenvalue weighted by molar-refractivity contribution is -0.0402. The largest absolute Gasteiger partial charge is 0.303 e. The Morgan fingerprint density at radius 3 is 2.46 bits per heavy atom. The second-order valence-corrected chi connectivity index (χ2v) is 5.32. The van der Waals surface area contributed by atoms with Gasteiger partial charge in [0, 0.05) is 12.6 Å². The van der Waals surface area contributed by atoms with E-state index in [1.54, 1.807) is 0 Å². The molecule has 1 saturated carbocycles. The maximum absolute atomic E-state index is 2.61. The van der Waals surface area contributed by atoms with Gasteiger partial charge < -0.3 is 4.90 Å². The molecule has 13 heavy (non-hydrogen) atoms. The third-order valence-electron chi connectivity index (χ3n) is 4.80. The van der Waals surface area contributed by atoms with E-state index in [1.807, 2.05) is 0 Å². The van der Waals surface area contributed by atoms with Crippen LogP contribution in [0.5, 0.6) is 0 Å². The van der Waals surface area contributed by atoms with Crippen LogP contribution in [0.4, 0.5) is 0 Å². The predicted molar refractivity (Wildman–Crippen MR) is 56.8 cm³/mol. The van der Waals surface area contributed by atoms with Crippen molar-refractivity contribution in [1.29, 1.82) is 0 Å². The summed E-state index contributed by atoms with van der Waals surface area (Å²) in [5.74, 6) is 0.927. The van der Waals surface area contributed by atoms with Gasteiger partial charge in [0.1, 0.15) is 0 Å². The van der Waals surface area contributed by atoms with Crippen LogP contribution in [0.3, 0.4) is 0 Å². The van der Waals surface area contributed by atoms with Crippen molar-refractivity contribution in [3.05, 3.63) is 0 Å². The van der Waals surface area contributed by atoms with E-state index in [0.29, 0.717) is 5.41 Å². The Morgan fingerprint density at radius 1 is 1.38 bits per heavy atom. The lowest BCUT2D eigenvalue weighted by Crippen LogP contribution is -2.54. The summed E-state index contributed by atoms with van der Waals surface area (Å²) in [7, 11) is 2.32. The first-order valence-corrected chi connectivity index (χ1v) is 5.88. The average molecular weight is 181 g/mol. The monoisotopic (exact) mass is 181 g/mol. The van der Waals surface area contributed by atoms with Crippen LogP contribution < -0.4 is 0 Å². The van der Waals surface area contributed by atoms with Crippen LogP contribution >= 0.6 is 0 Å². The predicted octanol–water partition coefficient (Wildman–Crippen LogP) is 2.91. The lowest BCUT2D eigenvalue weighted by atomic mass is 9.61. The SMILES string of the molecule is CCC(C)C12CCC(CC1)N(C)C2. The zero-order valence-corrected chi connectivity index (χ0v) is 9.34. The van der Waals surface area contributed by atoms with E-state index in [2.05, 4.69) is 25.8 Å². The summed E-state index contributed by atoms with van der Waals surface area (Å²) in [5, 5.41) is 0. The van der Waals surface area contributed by atoms with Crippen molar-refractivity contribution >= 4 is 0 Å². The van der Waals surface area contributed by atoms with E-state index >= 15 is 0 Å². The lowest BCUT2D eigenvalue weighted by Gasteiger charge is -2.54. The topological polar surface area (TPSA) is 3.24 Å². The molecule has 0 aromatic carbocycles. The van der Waals surface area contributed by atoms with E-state index in [0.717, 1.165) is 12.0 Å². The zero-order chi connectivity index (χ0) is 9.47. The summed E-state index contributed by atoms with van der Waals surface area (Å²) in [5.41, 5.74) is 0.693. The molecule has 1 nitrogen and oxygen atoms in total. The minimum absolute atomic E-state index is 0.693. The molecule has 2 heterocycles. The smallest absolute Gasteiger partial charge is 0.00928 e. The minimum atomic E-state index is 0.693. The Labute approximate surface area is 82.5 Å². The molecule has 3 rings (SSSR count). The van der Waals surface area contributed by atoms with Gasteiger partial charge in [-0.15, -0.1) is 0 Å². The standard InChI is InChI=1S/C12H23N/c1-4-10(2)12-7-5-11(6-8-12)13(3)9-12/h10-11H,4-9H2,1-3H3. The summed E-state index contributed by atoms with van der Waals surface area (Å²) < 4.78 is 0. The molecule has 3 fully saturated rings. The summed E-state index contributed by atoms with van der Waals surface area (Å²) in [6, 6.07) is 0.922. The maximum Gasteiger partial charge on any atom is 0.00928 e. The first kappa shape index (κ1) is 9.51. The summed E-state index contributed by atoms with van der Waals surface area (Å²) >= 11 is 0. The molecule has 0 spiro atoms. The van der Waals surface area contributed by atoms with Crippen LogP contribution in [-0.2, 0) is 0 Å². The van der Waals surface area contributed by atoms with Crippen molar-refractivity contribution in [2.45, 2.75) is 52.0 Å². The molecule has 2 saturated heterocycles. The van der Waals surface area contributed by atoms with Crippen LogP contribution in [-0.4, -0.2) is 24.5 Å². The van der Waals surface area contributed by atoms with E-state index in [9.17, 15) is 0 Å². The molecule has 0 aromatic rings. The van der Waals surface area contributed by atoms with Crippen LogP contribution in [0.1, 0.15) is 46.0 Å². The number of rotatable bonds is 2. The molecule has 0 N–H and O–H groups in total. The second-order valence-electron chi connectivity index (χ2n) is 5.32.